The van der Waals surface area contributed by atoms with Crippen molar-refractivity contribution in [1.29, 1.82) is 0 Å². The Hall–Kier alpha value is -2.25. The maximum atomic E-state index is 11.3. The average molecular weight is 315 g/mol. The number of fused-ring (bicyclic) bond motifs is 1. The normalized spacial score (nSPS) is 11.0. The van der Waals surface area contributed by atoms with Crippen LogP contribution in [0, 0.1) is 0 Å². The number of carbonyl (C=O) groups excluding carboxylic acids is 1. The van der Waals surface area contributed by atoms with E-state index < -0.39 is 0 Å². The first-order valence-electron chi connectivity index (χ1n) is 6.95. The Kier molecular flexibility index (Phi) is 4.17. The SMILES string of the molecule is CC(=O)N(C)c1nc(CNCc2cc3ncccc3[nH]2)cs1. The van der Waals surface area contributed by atoms with Gasteiger partial charge in [-0.25, -0.2) is 4.98 Å². The van der Waals surface area contributed by atoms with Gasteiger partial charge in [0.25, 0.3) is 0 Å². The number of carbonyl (C=O) groups is 1. The van der Waals surface area contributed by atoms with Gasteiger partial charge < -0.3 is 10.3 Å². The molecule has 0 aromatic carbocycles. The predicted molar refractivity (Wildman–Crippen MR) is 87.8 cm³/mol. The monoisotopic (exact) mass is 315 g/mol. The van der Waals surface area contributed by atoms with E-state index in [1.807, 2.05) is 23.6 Å². The molecule has 0 bridgehead atoms. The minimum atomic E-state index is -0.0144. The summed E-state index contributed by atoms with van der Waals surface area (Å²) in [6, 6.07) is 5.97. The molecule has 114 valence electrons. The van der Waals surface area contributed by atoms with Gasteiger partial charge in [-0.2, -0.15) is 0 Å². The Morgan fingerprint density at radius 2 is 2.32 bits per heavy atom. The van der Waals surface area contributed by atoms with Crippen LogP contribution in [0.25, 0.3) is 11.0 Å². The van der Waals surface area contributed by atoms with E-state index in [0.29, 0.717) is 13.1 Å². The van der Waals surface area contributed by atoms with Gasteiger partial charge in [-0.05, 0) is 18.2 Å². The maximum absolute atomic E-state index is 11.3. The number of rotatable bonds is 5. The fourth-order valence-electron chi connectivity index (χ4n) is 2.10. The van der Waals surface area contributed by atoms with Gasteiger partial charge in [0.15, 0.2) is 5.13 Å². The summed E-state index contributed by atoms with van der Waals surface area (Å²) in [4.78, 5) is 24.9. The molecule has 22 heavy (non-hydrogen) atoms. The van der Waals surface area contributed by atoms with Crippen LogP contribution in [-0.4, -0.2) is 27.9 Å². The second-order valence-electron chi connectivity index (χ2n) is 5.03. The molecule has 3 heterocycles. The molecule has 6 nitrogen and oxygen atoms in total. The third-order valence-corrected chi connectivity index (χ3v) is 4.33. The first-order valence-corrected chi connectivity index (χ1v) is 7.83. The second-order valence-corrected chi connectivity index (χ2v) is 5.87. The molecular weight excluding hydrogens is 298 g/mol. The van der Waals surface area contributed by atoms with Crippen LogP contribution in [-0.2, 0) is 17.9 Å². The number of hydrogen-bond donors (Lipinski definition) is 2. The van der Waals surface area contributed by atoms with Crippen molar-refractivity contribution in [1.82, 2.24) is 20.3 Å². The smallest absolute Gasteiger partial charge is 0.225 e. The predicted octanol–water partition coefficient (Wildman–Crippen LogP) is 2.29. The van der Waals surface area contributed by atoms with Crippen molar-refractivity contribution in [2.24, 2.45) is 0 Å². The average Bonchev–Trinajstić information content (AvgIpc) is 3.12. The highest BCUT2D eigenvalue weighted by Crippen LogP contribution is 2.19. The zero-order valence-electron chi connectivity index (χ0n) is 12.5. The number of hydrogen-bond acceptors (Lipinski definition) is 5. The van der Waals surface area contributed by atoms with E-state index in [2.05, 4.69) is 20.3 Å². The number of anilines is 1. The number of pyridine rings is 1. The van der Waals surface area contributed by atoms with Crippen molar-refractivity contribution in [3.63, 3.8) is 0 Å². The molecule has 2 N–H and O–H groups in total. The third-order valence-electron chi connectivity index (χ3n) is 3.37. The van der Waals surface area contributed by atoms with Crippen molar-refractivity contribution >= 4 is 33.4 Å². The number of aromatic amines is 1. The summed E-state index contributed by atoms with van der Waals surface area (Å²) in [6.07, 6.45) is 1.79. The van der Waals surface area contributed by atoms with E-state index in [9.17, 15) is 4.79 Å². The molecule has 0 fully saturated rings. The first kappa shape index (κ1) is 14.7. The van der Waals surface area contributed by atoms with Gasteiger partial charge in [0.05, 0.1) is 16.7 Å². The number of amides is 1. The molecule has 3 rings (SSSR count). The molecule has 0 atom stereocenters. The zero-order chi connectivity index (χ0) is 15.5. The zero-order valence-corrected chi connectivity index (χ0v) is 13.3. The Morgan fingerprint density at radius 1 is 1.45 bits per heavy atom. The summed E-state index contributed by atoms with van der Waals surface area (Å²) in [7, 11) is 1.73. The van der Waals surface area contributed by atoms with Gasteiger partial charge >= 0.3 is 0 Å². The number of nitrogens with one attached hydrogen (secondary N) is 2. The largest absolute Gasteiger partial charge is 0.356 e. The van der Waals surface area contributed by atoms with Crippen molar-refractivity contribution in [3.8, 4) is 0 Å². The summed E-state index contributed by atoms with van der Waals surface area (Å²) >= 11 is 1.47. The summed E-state index contributed by atoms with van der Waals surface area (Å²) in [5.41, 5.74) is 4.03. The molecule has 0 saturated carbocycles. The highest BCUT2D eigenvalue weighted by Gasteiger charge is 2.10. The van der Waals surface area contributed by atoms with Gasteiger partial charge in [-0.3, -0.25) is 14.7 Å². The Morgan fingerprint density at radius 3 is 3.09 bits per heavy atom. The highest BCUT2D eigenvalue weighted by molar-refractivity contribution is 7.14. The second kappa shape index (κ2) is 6.25. The molecule has 7 heteroatoms. The van der Waals surface area contributed by atoms with Gasteiger partial charge in [0.2, 0.25) is 5.91 Å². The van der Waals surface area contributed by atoms with E-state index in [1.54, 1.807) is 18.1 Å². The molecule has 1 amide bonds. The standard InChI is InChI=1S/C15H17N5OS/c1-10(21)20(2)15-19-12(9-22-15)8-16-7-11-6-14-13(18-11)4-3-5-17-14/h3-6,9,16,18H,7-8H2,1-2H3. The van der Waals surface area contributed by atoms with Crippen LogP contribution >= 0.6 is 11.3 Å². The van der Waals surface area contributed by atoms with Crippen molar-refractivity contribution < 1.29 is 4.79 Å². The first-order chi connectivity index (χ1) is 10.6. The molecule has 0 unspecified atom stereocenters. The van der Waals surface area contributed by atoms with Crippen molar-refractivity contribution in [3.05, 3.63) is 41.2 Å². The number of thiazole rings is 1. The topological polar surface area (TPSA) is 73.9 Å². The molecule has 0 saturated heterocycles. The summed E-state index contributed by atoms with van der Waals surface area (Å²) in [5, 5.41) is 6.03. The van der Waals surface area contributed by atoms with Gasteiger partial charge in [-0.15, -0.1) is 11.3 Å². The molecule has 0 aliphatic rings. The van der Waals surface area contributed by atoms with E-state index in [4.69, 9.17) is 0 Å². The summed E-state index contributed by atoms with van der Waals surface area (Å²) < 4.78 is 0. The van der Waals surface area contributed by atoms with Crippen LogP contribution in [0.1, 0.15) is 18.3 Å². The number of H-pyrrole nitrogens is 1. The molecule has 0 radical (unpaired) electrons. The lowest BCUT2D eigenvalue weighted by Crippen LogP contribution is -2.22. The highest BCUT2D eigenvalue weighted by atomic mass is 32.1. The fraction of sp³-hybridized carbons (Fsp3) is 0.267. The maximum Gasteiger partial charge on any atom is 0.225 e. The minimum absolute atomic E-state index is 0.0144. The van der Waals surface area contributed by atoms with Gasteiger partial charge in [0, 0.05) is 44.3 Å². The lowest BCUT2D eigenvalue weighted by atomic mass is 10.3. The quantitative estimate of drug-likeness (QED) is 0.757. The summed E-state index contributed by atoms with van der Waals surface area (Å²) in [5.74, 6) is -0.0144. The van der Waals surface area contributed by atoms with Crippen molar-refractivity contribution in [2.75, 3.05) is 11.9 Å². The van der Waals surface area contributed by atoms with Crippen LogP contribution in [0.4, 0.5) is 5.13 Å². The van der Waals surface area contributed by atoms with Crippen LogP contribution in [0.2, 0.25) is 0 Å². The molecule has 0 aliphatic heterocycles. The van der Waals surface area contributed by atoms with Crippen LogP contribution in [0.3, 0.4) is 0 Å². The molecule has 0 aliphatic carbocycles. The third kappa shape index (κ3) is 3.15. The fourth-order valence-corrected chi connectivity index (χ4v) is 2.93. The molecule has 0 spiro atoms. The lowest BCUT2D eigenvalue weighted by Gasteiger charge is -2.09. The van der Waals surface area contributed by atoms with Crippen LogP contribution in [0.5, 0.6) is 0 Å². The van der Waals surface area contributed by atoms with Gasteiger partial charge in [-0.1, -0.05) is 0 Å². The molecule has 3 aromatic rings. The van der Waals surface area contributed by atoms with E-state index in [-0.39, 0.29) is 5.91 Å². The Labute approximate surface area is 132 Å². The summed E-state index contributed by atoms with van der Waals surface area (Å²) in [6.45, 7) is 2.90. The van der Waals surface area contributed by atoms with Crippen LogP contribution in [0.15, 0.2) is 29.8 Å². The Balaban J connectivity index is 1.58. The minimum Gasteiger partial charge on any atom is -0.356 e. The van der Waals surface area contributed by atoms with Crippen molar-refractivity contribution in [2.45, 2.75) is 20.0 Å². The van der Waals surface area contributed by atoms with E-state index in [0.717, 1.165) is 27.6 Å². The Bertz CT molecular complexity index is 761. The lowest BCUT2D eigenvalue weighted by molar-refractivity contribution is -0.116. The number of nitrogens with zero attached hydrogens (tertiary/aromatic N) is 3. The van der Waals surface area contributed by atoms with E-state index >= 15 is 0 Å². The van der Waals surface area contributed by atoms with Crippen LogP contribution < -0.4 is 10.2 Å². The molecule has 3 aromatic heterocycles. The number of aromatic nitrogens is 3. The molecular formula is C15H17N5OS. The van der Waals surface area contributed by atoms with Gasteiger partial charge in [0.1, 0.15) is 0 Å². The van der Waals surface area contributed by atoms with E-state index in [1.165, 1.54) is 18.3 Å².